The van der Waals surface area contributed by atoms with Crippen molar-refractivity contribution in [2.24, 2.45) is 7.05 Å². The quantitative estimate of drug-likeness (QED) is 0.622. The molecule has 0 saturated heterocycles. The van der Waals surface area contributed by atoms with Gasteiger partial charge in [-0.2, -0.15) is 4.31 Å². The molecule has 9 heteroatoms. The molecule has 2 N–H and O–H groups in total. The minimum absolute atomic E-state index is 0.272. The lowest BCUT2D eigenvalue weighted by Gasteiger charge is -2.20. The zero-order valence-corrected chi connectivity index (χ0v) is 17.9. The first-order chi connectivity index (χ1) is 12.8. The Balaban J connectivity index is 2.34. The summed E-state index contributed by atoms with van der Waals surface area (Å²) in [5, 5.41) is 7.17. The second-order valence-electron chi connectivity index (χ2n) is 6.13. The van der Waals surface area contributed by atoms with Gasteiger partial charge in [0.25, 0.3) is 0 Å². The topological polar surface area (TPSA) is 79.3 Å². The van der Waals surface area contributed by atoms with Crippen LogP contribution in [0.5, 0.6) is 0 Å². The zero-order chi connectivity index (χ0) is 20.0. The van der Waals surface area contributed by atoms with Crippen LogP contribution in [-0.4, -0.2) is 41.9 Å². The molecule has 7 nitrogen and oxygen atoms in total. The number of benzene rings is 1. The molecule has 2 aromatic rings. The molecule has 1 aromatic heterocycles. The van der Waals surface area contributed by atoms with Crippen molar-refractivity contribution in [1.29, 1.82) is 0 Å². The predicted octanol–water partition coefficient (Wildman–Crippen LogP) is 3.54. The number of anilines is 2. The molecule has 150 valence electrons. The van der Waals surface area contributed by atoms with Crippen LogP contribution in [0, 0.1) is 0 Å². The molecule has 1 aromatic carbocycles. The molecule has 2 rings (SSSR count). The van der Waals surface area contributed by atoms with Crippen LogP contribution in [0.25, 0.3) is 0 Å². The van der Waals surface area contributed by atoms with Gasteiger partial charge in [-0.25, -0.2) is 13.4 Å². The molecule has 27 heavy (non-hydrogen) atoms. The maximum absolute atomic E-state index is 12.8. The molecular formula is C18H28ClN5O2S. The minimum Gasteiger partial charge on any atom is -0.383 e. The highest BCUT2D eigenvalue weighted by Gasteiger charge is 2.22. The Morgan fingerprint density at radius 1 is 1.15 bits per heavy atom. The van der Waals surface area contributed by atoms with E-state index >= 15 is 0 Å². The SMILES string of the molecule is CCCNc1ccc(S(=O)(=O)N(CC)CC)cc1NCc1ncc(Cl)n1C. The number of aromatic nitrogens is 2. The summed E-state index contributed by atoms with van der Waals surface area (Å²) < 4.78 is 28.9. The number of rotatable bonds is 10. The average molecular weight is 414 g/mol. The Morgan fingerprint density at radius 3 is 2.41 bits per heavy atom. The summed E-state index contributed by atoms with van der Waals surface area (Å²) in [6.45, 7) is 7.84. The minimum atomic E-state index is -3.52. The van der Waals surface area contributed by atoms with Gasteiger partial charge in [0.1, 0.15) is 11.0 Å². The van der Waals surface area contributed by atoms with E-state index < -0.39 is 10.0 Å². The van der Waals surface area contributed by atoms with Crippen LogP contribution in [0.2, 0.25) is 5.15 Å². The zero-order valence-electron chi connectivity index (χ0n) is 16.3. The molecule has 0 radical (unpaired) electrons. The van der Waals surface area contributed by atoms with Crippen LogP contribution >= 0.6 is 11.6 Å². The van der Waals surface area contributed by atoms with Gasteiger partial charge < -0.3 is 15.2 Å². The first-order valence-corrected chi connectivity index (χ1v) is 10.9. The fourth-order valence-electron chi connectivity index (χ4n) is 2.72. The van der Waals surface area contributed by atoms with E-state index in [9.17, 15) is 8.42 Å². The summed E-state index contributed by atoms with van der Waals surface area (Å²) in [5.41, 5.74) is 1.58. The lowest BCUT2D eigenvalue weighted by molar-refractivity contribution is 0.445. The summed E-state index contributed by atoms with van der Waals surface area (Å²) in [4.78, 5) is 4.54. The number of halogens is 1. The standard InChI is InChI=1S/C18H28ClN5O2S/c1-5-10-20-15-9-8-14(27(25,26)24(6-2)7-3)11-16(15)21-13-18-22-12-17(19)23(18)4/h8-9,11-12,20-21H,5-7,10,13H2,1-4H3. The number of nitrogens with zero attached hydrogens (tertiary/aromatic N) is 3. The molecule has 0 fully saturated rings. The number of hydrogen-bond acceptors (Lipinski definition) is 5. The van der Waals surface area contributed by atoms with E-state index in [4.69, 9.17) is 11.6 Å². The average Bonchev–Trinajstić information content (AvgIpc) is 2.97. The van der Waals surface area contributed by atoms with E-state index in [1.165, 1.54) is 4.31 Å². The van der Waals surface area contributed by atoms with E-state index in [0.29, 0.717) is 24.8 Å². The molecule has 0 aliphatic heterocycles. The van der Waals surface area contributed by atoms with Gasteiger partial charge in [-0.15, -0.1) is 0 Å². The Bertz CT molecular complexity index is 863. The van der Waals surface area contributed by atoms with Crippen LogP contribution in [0.3, 0.4) is 0 Å². The third-order valence-electron chi connectivity index (χ3n) is 4.36. The third-order valence-corrected chi connectivity index (χ3v) is 6.76. The van der Waals surface area contributed by atoms with Gasteiger partial charge in [0.15, 0.2) is 0 Å². The molecule has 0 atom stereocenters. The van der Waals surface area contributed by atoms with Crippen LogP contribution in [0.1, 0.15) is 33.0 Å². The summed E-state index contributed by atoms with van der Waals surface area (Å²) in [7, 11) is -1.69. The number of hydrogen-bond donors (Lipinski definition) is 2. The van der Waals surface area contributed by atoms with Gasteiger partial charge in [0.05, 0.1) is 29.0 Å². The smallest absolute Gasteiger partial charge is 0.243 e. The third kappa shape index (κ3) is 4.94. The summed E-state index contributed by atoms with van der Waals surface area (Å²) >= 11 is 6.04. The number of imidazole rings is 1. The molecule has 1 heterocycles. The van der Waals surface area contributed by atoms with E-state index in [0.717, 1.165) is 30.2 Å². The van der Waals surface area contributed by atoms with Crippen LogP contribution in [0.4, 0.5) is 11.4 Å². The molecule has 0 aliphatic carbocycles. The van der Waals surface area contributed by atoms with Crippen molar-refractivity contribution in [2.45, 2.75) is 38.6 Å². The van der Waals surface area contributed by atoms with Crippen molar-refractivity contribution >= 4 is 33.0 Å². The highest BCUT2D eigenvalue weighted by molar-refractivity contribution is 7.89. The Hall–Kier alpha value is -1.77. The van der Waals surface area contributed by atoms with Crippen LogP contribution in [-0.2, 0) is 23.6 Å². The highest BCUT2D eigenvalue weighted by Crippen LogP contribution is 2.28. The maximum Gasteiger partial charge on any atom is 0.243 e. The summed E-state index contributed by atoms with van der Waals surface area (Å²) in [5.74, 6) is 0.762. The summed E-state index contributed by atoms with van der Waals surface area (Å²) in [6.07, 6.45) is 2.56. The second-order valence-corrected chi connectivity index (χ2v) is 8.46. The van der Waals surface area contributed by atoms with Crippen molar-refractivity contribution in [2.75, 3.05) is 30.3 Å². The lowest BCUT2D eigenvalue weighted by Crippen LogP contribution is -2.30. The highest BCUT2D eigenvalue weighted by atomic mass is 35.5. The Labute approximate surface area is 166 Å². The Kier molecular flexibility index (Phi) is 7.52. The predicted molar refractivity (Wildman–Crippen MR) is 111 cm³/mol. The van der Waals surface area contributed by atoms with Gasteiger partial charge in [0, 0.05) is 26.7 Å². The second kappa shape index (κ2) is 9.43. The van der Waals surface area contributed by atoms with Crippen molar-refractivity contribution < 1.29 is 8.42 Å². The largest absolute Gasteiger partial charge is 0.383 e. The van der Waals surface area contributed by atoms with E-state index in [2.05, 4.69) is 22.5 Å². The lowest BCUT2D eigenvalue weighted by atomic mass is 10.2. The fraction of sp³-hybridized carbons (Fsp3) is 0.500. The molecule has 0 saturated carbocycles. The van der Waals surface area contributed by atoms with E-state index in [1.54, 1.807) is 29.0 Å². The van der Waals surface area contributed by atoms with Crippen molar-refractivity contribution in [1.82, 2.24) is 13.9 Å². The maximum atomic E-state index is 12.8. The first kappa shape index (κ1) is 21.5. The fourth-order valence-corrected chi connectivity index (χ4v) is 4.35. The van der Waals surface area contributed by atoms with Crippen molar-refractivity contribution in [3.63, 3.8) is 0 Å². The van der Waals surface area contributed by atoms with Crippen LogP contribution < -0.4 is 10.6 Å². The number of sulfonamides is 1. The molecule has 0 amide bonds. The first-order valence-electron chi connectivity index (χ1n) is 9.13. The van der Waals surface area contributed by atoms with Crippen LogP contribution in [0.15, 0.2) is 29.3 Å². The molecule has 0 bridgehead atoms. The Morgan fingerprint density at radius 2 is 1.85 bits per heavy atom. The van der Waals surface area contributed by atoms with Gasteiger partial charge in [-0.1, -0.05) is 32.4 Å². The monoisotopic (exact) mass is 413 g/mol. The van der Waals surface area contributed by atoms with Gasteiger partial charge in [-0.05, 0) is 24.6 Å². The molecule has 0 aliphatic rings. The van der Waals surface area contributed by atoms with Gasteiger partial charge in [-0.3, -0.25) is 0 Å². The molecule has 0 unspecified atom stereocenters. The normalized spacial score (nSPS) is 11.8. The number of nitrogens with one attached hydrogen (secondary N) is 2. The molecular weight excluding hydrogens is 386 g/mol. The van der Waals surface area contributed by atoms with Crippen molar-refractivity contribution in [3.8, 4) is 0 Å². The summed E-state index contributed by atoms with van der Waals surface area (Å²) in [6, 6.07) is 5.13. The van der Waals surface area contributed by atoms with Gasteiger partial charge in [0.2, 0.25) is 10.0 Å². The molecule has 0 spiro atoms. The van der Waals surface area contributed by atoms with E-state index in [-0.39, 0.29) is 4.90 Å². The van der Waals surface area contributed by atoms with Gasteiger partial charge >= 0.3 is 0 Å². The van der Waals surface area contributed by atoms with E-state index in [1.807, 2.05) is 20.9 Å². The van der Waals surface area contributed by atoms with Crippen molar-refractivity contribution in [3.05, 3.63) is 35.4 Å².